The van der Waals surface area contributed by atoms with Gasteiger partial charge in [-0.3, -0.25) is 0 Å². The quantitative estimate of drug-likeness (QED) is 0.886. The normalized spacial score (nSPS) is 10.7. The molecule has 2 rings (SSSR count). The van der Waals surface area contributed by atoms with E-state index in [9.17, 15) is 4.79 Å². The number of H-pyrrole nitrogens is 1. The molecule has 0 aliphatic rings. The van der Waals surface area contributed by atoms with Crippen molar-refractivity contribution >= 4 is 5.97 Å². The molecule has 100 valence electrons. The van der Waals surface area contributed by atoms with Crippen LogP contribution in [-0.2, 0) is 12.8 Å². The lowest BCUT2D eigenvalue weighted by molar-refractivity contribution is 0.0689. The maximum atomic E-state index is 11.1. The first kappa shape index (κ1) is 13.3. The third kappa shape index (κ3) is 3.02. The van der Waals surface area contributed by atoms with Crippen molar-refractivity contribution in [3.05, 3.63) is 52.1 Å². The van der Waals surface area contributed by atoms with Crippen molar-refractivity contribution < 1.29 is 9.90 Å². The molecule has 0 fully saturated rings. The average Bonchev–Trinajstić information content (AvgIpc) is 2.69. The van der Waals surface area contributed by atoms with Crippen molar-refractivity contribution in [3.8, 4) is 0 Å². The van der Waals surface area contributed by atoms with E-state index in [2.05, 4.69) is 42.0 Å². The molecule has 4 heteroatoms. The molecule has 0 aliphatic heterocycles. The number of carbonyl (C=O) groups is 1. The molecular formula is C15H18N2O2. The van der Waals surface area contributed by atoms with Crippen LogP contribution >= 0.6 is 0 Å². The molecule has 4 nitrogen and oxygen atoms in total. The summed E-state index contributed by atoms with van der Waals surface area (Å²) in [5, 5.41) is 9.08. The van der Waals surface area contributed by atoms with Crippen LogP contribution in [0, 0.1) is 20.8 Å². The number of aromatic amines is 1. The number of nitrogens with one attached hydrogen (secondary N) is 1. The van der Waals surface area contributed by atoms with Crippen LogP contribution in [0.4, 0.5) is 0 Å². The van der Waals surface area contributed by atoms with Gasteiger partial charge in [0, 0.05) is 5.69 Å². The van der Waals surface area contributed by atoms with Crippen LogP contribution in [0.2, 0.25) is 0 Å². The van der Waals surface area contributed by atoms with E-state index in [1.54, 1.807) is 6.92 Å². The Bertz CT molecular complexity index is 615. The molecule has 0 aliphatic carbocycles. The summed E-state index contributed by atoms with van der Waals surface area (Å²) in [7, 11) is 0. The second-order valence-corrected chi connectivity index (χ2v) is 4.88. The van der Waals surface area contributed by atoms with Crippen LogP contribution in [0.15, 0.2) is 18.2 Å². The van der Waals surface area contributed by atoms with Crippen LogP contribution in [0.25, 0.3) is 0 Å². The Morgan fingerprint density at radius 3 is 2.63 bits per heavy atom. The number of carboxylic acid groups (broad SMARTS) is 1. The van der Waals surface area contributed by atoms with Gasteiger partial charge in [0.2, 0.25) is 0 Å². The zero-order valence-corrected chi connectivity index (χ0v) is 11.4. The summed E-state index contributed by atoms with van der Waals surface area (Å²) in [6, 6.07) is 6.33. The van der Waals surface area contributed by atoms with Gasteiger partial charge in [0.1, 0.15) is 5.82 Å². The fourth-order valence-electron chi connectivity index (χ4n) is 2.28. The lowest BCUT2D eigenvalue weighted by atomic mass is 10.0. The van der Waals surface area contributed by atoms with Crippen molar-refractivity contribution in [2.24, 2.45) is 0 Å². The second-order valence-electron chi connectivity index (χ2n) is 4.88. The highest BCUT2D eigenvalue weighted by atomic mass is 16.4. The smallest absolute Gasteiger partial charge is 0.356 e. The highest BCUT2D eigenvalue weighted by molar-refractivity contribution is 5.86. The summed E-state index contributed by atoms with van der Waals surface area (Å²) in [6.07, 6.45) is 1.47. The molecule has 1 heterocycles. The van der Waals surface area contributed by atoms with Crippen molar-refractivity contribution in [3.63, 3.8) is 0 Å². The van der Waals surface area contributed by atoms with Crippen molar-refractivity contribution in [2.75, 3.05) is 0 Å². The lowest BCUT2D eigenvalue weighted by Crippen LogP contribution is -2.04. The van der Waals surface area contributed by atoms with E-state index in [4.69, 9.17) is 5.11 Å². The van der Waals surface area contributed by atoms with Gasteiger partial charge in [0.05, 0.1) is 0 Å². The van der Waals surface area contributed by atoms with Crippen LogP contribution in [0.5, 0.6) is 0 Å². The summed E-state index contributed by atoms with van der Waals surface area (Å²) in [5.41, 5.74) is 4.57. The highest BCUT2D eigenvalue weighted by Gasteiger charge is 2.15. The number of rotatable bonds is 4. The van der Waals surface area contributed by atoms with Gasteiger partial charge in [-0.15, -0.1) is 0 Å². The molecule has 2 N–H and O–H groups in total. The number of aromatic carboxylic acids is 1. The number of hydrogen-bond donors (Lipinski definition) is 2. The van der Waals surface area contributed by atoms with E-state index in [1.807, 2.05) is 0 Å². The molecule has 1 aromatic heterocycles. The summed E-state index contributed by atoms with van der Waals surface area (Å²) < 4.78 is 0. The van der Waals surface area contributed by atoms with E-state index >= 15 is 0 Å². The SMILES string of the molecule is Cc1ccc(CCc2[nH]c(C)nc2C(=O)O)c(C)c1. The molecule has 0 bridgehead atoms. The molecule has 0 saturated heterocycles. The molecule has 0 unspecified atom stereocenters. The van der Waals surface area contributed by atoms with E-state index in [1.165, 1.54) is 16.7 Å². The molecule has 19 heavy (non-hydrogen) atoms. The van der Waals surface area contributed by atoms with Crippen molar-refractivity contribution in [2.45, 2.75) is 33.6 Å². The van der Waals surface area contributed by atoms with E-state index in [0.29, 0.717) is 17.9 Å². The first-order valence-electron chi connectivity index (χ1n) is 6.32. The van der Waals surface area contributed by atoms with Crippen LogP contribution in [0.3, 0.4) is 0 Å². The van der Waals surface area contributed by atoms with Gasteiger partial charge in [-0.2, -0.15) is 0 Å². The molecule has 1 aromatic carbocycles. The van der Waals surface area contributed by atoms with Crippen LogP contribution < -0.4 is 0 Å². The second kappa shape index (κ2) is 5.26. The maximum Gasteiger partial charge on any atom is 0.356 e. The number of carboxylic acids is 1. The minimum Gasteiger partial charge on any atom is -0.476 e. The van der Waals surface area contributed by atoms with E-state index in [0.717, 1.165) is 6.42 Å². The highest BCUT2D eigenvalue weighted by Crippen LogP contribution is 2.15. The largest absolute Gasteiger partial charge is 0.476 e. The van der Waals surface area contributed by atoms with Crippen molar-refractivity contribution in [1.82, 2.24) is 9.97 Å². The summed E-state index contributed by atoms with van der Waals surface area (Å²) >= 11 is 0. The van der Waals surface area contributed by atoms with Crippen LogP contribution in [-0.4, -0.2) is 21.0 Å². The molecule has 2 aromatic rings. The van der Waals surface area contributed by atoms with E-state index in [-0.39, 0.29) is 5.69 Å². The van der Waals surface area contributed by atoms with Gasteiger partial charge < -0.3 is 10.1 Å². The minimum atomic E-state index is -0.972. The Morgan fingerprint density at radius 1 is 1.26 bits per heavy atom. The standard InChI is InChI=1S/C15H18N2O2/c1-9-4-5-12(10(2)8-9)6-7-13-14(15(18)19)17-11(3)16-13/h4-5,8H,6-7H2,1-3H3,(H,16,17)(H,18,19). The monoisotopic (exact) mass is 258 g/mol. The fourth-order valence-corrected chi connectivity index (χ4v) is 2.28. The van der Waals surface area contributed by atoms with Crippen molar-refractivity contribution in [1.29, 1.82) is 0 Å². The molecule has 0 radical (unpaired) electrons. The third-order valence-electron chi connectivity index (χ3n) is 3.24. The van der Waals surface area contributed by atoms with Crippen LogP contribution in [0.1, 0.15) is 38.7 Å². The number of nitrogens with zero attached hydrogens (tertiary/aromatic N) is 1. The fraction of sp³-hybridized carbons (Fsp3) is 0.333. The van der Waals surface area contributed by atoms with Gasteiger partial charge >= 0.3 is 5.97 Å². The Labute approximate surface area is 112 Å². The van der Waals surface area contributed by atoms with Gasteiger partial charge in [-0.05, 0) is 44.7 Å². The summed E-state index contributed by atoms with van der Waals surface area (Å²) in [6.45, 7) is 5.92. The molecular weight excluding hydrogens is 240 g/mol. The first-order chi connectivity index (χ1) is 8.97. The Kier molecular flexibility index (Phi) is 3.69. The average molecular weight is 258 g/mol. The number of aromatic nitrogens is 2. The van der Waals surface area contributed by atoms with Gasteiger partial charge in [-0.25, -0.2) is 9.78 Å². The molecule has 0 spiro atoms. The zero-order valence-electron chi connectivity index (χ0n) is 11.4. The predicted molar refractivity (Wildman–Crippen MR) is 73.6 cm³/mol. The molecule has 0 amide bonds. The number of hydrogen-bond acceptors (Lipinski definition) is 2. The Morgan fingerprint density at radius 2 is 2.00 bits per heavy atom. The minimum absolute atomic E-state index is 0.141. The molecule has 0 atom stereocenters. The Balaban J connectivity index is 2.16. The van der Waals surface area contributed by atoms with Gasteiger partial charge in [0.15, 0.2) is 5.69 Å². The number of aryl methyl sites for hydroxylation is 5. The zero-order chi connectivity index (χ0) is 14.0. The topological polar surface area (TPSA) is 66.0 Å². The Hall–Kier alpha value is -2.10. The summed E-state index contributed by atoms with van der Waals surface area (Å²) in [5.74, 6) is -0.326. The molecule has 0 saturated carbocycles. The third-order valence-corrected chi connectivity index (χ3v) is 3.24. The predicted octanol–water partition coefficient (Wildman–Crippen LogP) is 2.82. The van der Waals surface area contributed by atoms with E-state index < -0.39 is 5.97 Å². The number of benzene rings is 1. The van der Waals surface area contributed by atoms with Gasteiger partial charge in [-0.1, -0.05) is 23.8 Å². The first-order valence-corrected chi connectivity index (χ1v) is 6.32. The summed E-state index contributed by atoms with van der Waals surface area (Å²) in [4.78, 5) is 18.1. The maximum absolute atomic E-state index is 11.1. The van der Waals surface area contributed by atoms with Gasteiger partial charge in [0.25, 0.3) is 0 Å². The lowest BCUT2D eigenvalue weighted by Gasteiger charge is -2.06. The number of imidazole rings is 1.